The average molecular weight is 502 g/mol. The van der Waals surface area contributed by atoms with Crippen LogP contribution in [0, 0.1) is 18.6 Å². The molecule has 3 N–H and O–H groups in total. The number of ether oxygens (including phenoxy) is 1. The van der Waals surface area contributed by atoms with Gasteiger partial charge in [0.05, 0.1) is 11.8 Å². The monoisotopic (exact) mass is 501 g/mol. The van der Waals surface area contributed by atoms with Crippen molar-refractivity contribution < 1.29 is 18.3 Å². The molecule has 1 aromatic heterocycles. The highest BCUT2D eigenvalue weighted by Crippen LogP contribution is 2.24. The van der Waals surface area contributed by atoms with Crippen molar-refractivity contribution >= 4 is 28.8 Å². The van der Waals surface area contributed by atoms with E-state index in [1.807, 2.05) is 6.07 Å². The first-order valence-electron chi connectivity index (χ1n) is 11.6. The molecule has 2 aliphatic heterocycles. The number of nitrogens with one attached hydrogen (secondary N) is 3. The van der Waals surface area contributed by atoms with E-state index in [4.69, 9.17) is 17.0 Å². The molecule has 0 bridgehead atoms. The summed E-state index contributed by atoms with van der Waals surface area (Å²) in [4.78, 5) is 19.3. The van der Waals surface area contributed by atoms with E-state index in [2.05, 4.69) is 32.9 Å². The van der Waals surface area contributed by atoms with Gasteiger partial charge in [0, 0.05) is 60.3 Å². The molecular weight excluding hydrogens is 472 g/mol. The molecule has 4 rings (SSSR count). The molecule has 0 spiro atoms. The van der Waals surface area contributed by atoms with Crippen LogP contribution in [0.5, 0.6) is 5.75 Å². The molecule has 3 heterocycles. The van der Waals surface area contributed by atoms with E-state index in [0.29, 0.717) is 43.6 Å². The standard InChI is InChI=1S/C25H29F2N5O2S/c1-15-19(27)10-17(26)11-21(15)31-25(35)23-20(6-8-29-24(23)33)30-12-16-5-7-28-13-22(16)34-14-18-4-3-9-32(18)2/h5,7,10-11,13,18,30H,3-4,6,8-9,12,14H2,1-2H3,(H,29,33)(H,31,35). The molecule has 1 atom stereocenters. The SMILES string of the molecule is Cc1c(F)cc(F)cc1NC(=S)C1=C(NCc2ccncc2OCC2CCCN2C)CCNC1=O. The number of aromatic nitrogens is 1. The van der Waals surface area contributed by atoms with E-state index in [9.17, 15) is 13.6 Å². The molecule has 2 aromatic rings. The predicted molar refractivity (Wildman–Crippen MR) is 134 cm³/mol. The number of amides is 1. The number of rotatable bonds is 8. The molecule has 1 amide bonds. The Balaban J connectivity index is 1.49. The maximum absolute atomic E-state index is 14.0. The van der Waals surface area contributed by atoms with E-state index in [-0.39, 0.29) is 27.7 Å². The predicted octanol–water partition coefficient (Wildman–Crippen LogP) is 3.44. The van der Waals surface area contributed by atoms with Gasteiger partial charge >= 0.3 is 0 Å². The van der Waals surface area contributed by atoms with Crippen LogP contribution in [0.25, 0.3) is 0 Å². The van der Waals surface area contributed by atoms with Crippen molar-refractivity contribution in [2.24, 2.45) is 0 Å². The van der Waals surface area contributed by atoms with Gasteiger partial charge in [-0.05, 0) is 45.5 Å². The number of thiocarbonyl (C=S) groups is 1. The summed E-state index contributed by atoms with van der Waals surface area (Å²) in [6.07, 6.45) is 6.20. The second-order valence-electron chi connectivity index (χ2n) is 8.80. The molecule has 186 valence electrons. The van der Waals surface area contributed by atoms with Crippen molar-refractivity contribution in [2.45, 2.75) is 38.8 Å². The third kappa shape index (κ3) is 5.94. The number of carbonyl (C=O) groups is 1. The van der Waals surface area contributed by atoms with Gasteiger partial charge in [-0.25, -0.2) is 8.78 Å². The third-order valence-electron chi connectivity index (χ3n) is 6.44. The maximum atomic E-state index is 14.0. The summed E-state index contributed by atoms with van der Waals surface area (Å²) < 4.78 is 33.8. The molecule has 10 heteroatoms. The van der Waals surface area contributed by atoms with Crippen LogP contribution >= 0.6 is 12.2 Å². The summed E-state index contributed by atoms with van der Waals surface area (Å²) in [6.45, 7) is 4.03. The summed E-state index contributed by atoms with van der Waals surface area (Å²) in [6, 6.07) is 4.22. The van der Waals surface area contributed by atoms with Crippen molar-refractivity contribution in [3.05, 3.63) is 64.6 Å². The molecule has 0 aliphatic carbocycles. The van der Waals surface area contributed by atoms with E-state index < -0.39 is 11.6 Å². The Labute approximate surface area is 208 Å². The van der Waals surface area contributed by atoms with Gasteiger partial charge in [0.25, 0.3) is 5.91 Å². The molecule has 0 radical (unpaired) electrons. The quantitative estimate of drug-likeness (QED) is 0.479. The number of halogens is 2. The normalized spacial score (nSPS) is 18.4. The van der Waals surface area contributed by atoms with Gasteiger partial charge in [-0.15, -0.1) is 0 Å². The summed E-state index contributed by atoms with van der Waals surface area (Å²) >= 11 is 5.47. The summed E-state index contributed by atoms with van der Waals surface area (Å²) in [5.74, 6) is -1.08. The fourth-order valence-corrected chi connectivity index (χ4v) is 4.62. The second-order valence-corrected chi connectivity index (χ2v) is 9.21. The number of benzene rings is 1. The lowest BCUT2D eigenvalue weighted by Gasteiger charge is -2.24. The highest BCUT2D eigenvalue weighted by atomic mass is 32.1. The van der Waals surface area contributed by atoms with Crippen molar-refractivity contribution in [3.8, 4) is 5.75 Å². The van der Waals surface area contributed by atoms with Crippen LogP contribution in [-0.2, 0) is 11.3 Å². The Morgan fingerprint density at radius 1 is 1.37 bits per heavy atom. The third-order valence-corrected chi connectivity index (χ3v) is 6.74. The molecule has 1 saturated heterocycles. The van der Waals surface area contributed by atoms with Crippen LogP contribution in [0.1, 0.15) is 30.4 Å². The highest BCUT2D eigenvalue weighted by Gasteiger charge is 2.25. The Bertz CT molecular complexity index is 1160. The molecule has 35 heavy (non-hydrogen) atoms. The van der Waals surface area contributed by atoms with Gasteiger partial charge in [-0.3, -0.25) is 9.78 Å². The highest BCUT2D eigenvalue weighted by molar-refractivity contribution is 7.81. The number of anilines is 1. The fraction of sp³-hybridized carbons (Fsp3) is 0.400. The van der Waals surface area contributed by atoms with Crippen LogP contribution in [0.4, 0.5) is 14.5 Å². The number of pyridine rings is 1. The number of carbonyl (C=O) groups excluding carboxylic acids is 1. The van der Waals surface area contributed by atoms with Crippen LogP contribution in [0.3, 0.4) is 0 Å². The van der Waals surface area contributed by atoms with Gasteiger partial charge in [0.2, 0.25) is 0 Å². The molecule has 2 aliphatic rings. The topological polar surface area (TPSA) is 78.5 Å². The fourth-order valence-electron chi connectivity index (χ4n) is 4.29. The molecule has 1 unspecified atom stereocenters. The largest absolute Gasteiger partial charge is 0.490 e. The first kappa shape index (κ1) is 25.0. The zero-order valence-electron chi connectivity index (χ0n) is 19.8. The maximum Gasteiger partial charge on any atom is 0.256 e. The summed E-state index contributed by atoms with van der Waals surface area (Å²) in [5.41, 5.74) is 2.20. The Morgan fingerprint density at radius 2 is 2.20 bits per heavy atom. The molecule has 1 aromatic carbocycles. The molecular formula is C25H29F2N5O2S. The lowest BCUT2D eigenvalue weighted by atomic mass is 10.1. The zero-order chi connectivity index (χ0) is 24.9. The molecule has 1 fully saturated rings. The average Bonchev–Trinajstić information content (AvgIpc) is 3.24. The van der Waals surface area contributed by atoms with Crippen molar-refractivity contribution in [2.75, 3.05) is 32.1 Å². The Hall–Kier alpha value is -3.11. The number of hydrogen-bond acceptors (Lipinski definition) is 6. The number of likely N-dealkylation sites (N-methyl/N-ethyl adjacent to an activating group) is 1. The minimum Gasteiger partial charge on any atom is -0.490 e. The van der Waals surface area contributed by atoms with Crippen LogP contribution in [0.15, 0.2) is 41.9 Å². The minimum atomic E-state index is -0.729. The second kappa shape index (κ2) is 11.1. The van der Waals surface area contributed by atoms with E-state index in [0.717, 1.165) is 30.7 Å². The Morgan fingerprint density at radius 3 is 2.97 bits per heavy atom. The smallest absolute Gasteiger partial charge is 0.256 e. The van der Waals surface area contributed by atoms with Gasteiger partial charge in [0.15, 0.2) is 0 Å². The minimum absolute atomic E-state index is 0.0910. The number of hydrogen-bond donors (Lipinski definition) is 3. The lowest BCUT2D eigenvalue weighted by molar-refractivity contribution is -0.117. The van der Waals surface area contributed by atoms with Gasteiger partial charge in [-0.1, -0.05) is 12.2 Å². The first-order valence-corrected chi connectivity index (χ1v) is 12.0. The molecule has 7 nitrogen and oxygen atoms in total. The number of likely N-dealkylation sites (tertiary alicyclic amines) is 1. The van der Waals surface area contributed by atoms with E-state index >= 15 is 0 Å². The summed E-state index contributed by atoms with van der Waals surface area (Å²) in [7, 11) is 2.10. The first-order chi connectivity index (χ1) is 16.8. The van der Waals surface area contributed by atoms with Crippen molar-refractivity contribution in [1.29, 1.82) is 0 Å². The van der Waals surface area contributed by atoms with Crippen LogP contribution in [0.2, 0.25) is 0 Å². The Kier molecular flexibility index (Phi) is 7.92. The van der Waals surface area contributed by atoms with Crippen LogP contribution in [-0.4, -0.2) is 53.6 Å². The van der Waals surface area contributed by atoms with E-state index in [1.54, 1.807) is 12.4 Å². The van der Waals surface area contributed by atoms with Crippen molar-refractivity contribution in [3.63, 3.8) is 0 Å². The lowest BCUT2D eigenvalue weighted by Crippen LogP contribution is -2.39. The number of nitrogens with zero attached hydrogens (tertiary/aromatic N) is 2. The molecule has 0 saturated carbocycles. The summed E-state index contributed by atoms with van der Waals surface area (Å²) in [5, 5.41) is 8.94. The van der Waals surface area contributed by atoms with Gasteiger partial charge in [0.1, 0.15) is 29.0 Å². The van der Waals surface area contributed by atoms with E-state index in [1.165, 1.54) is 13.3 Å². The zero-order valence-corrected chi connectivity index (χ0v) is 20.6. The van der Waals surface area contributed by atoms with Crippen LogP contribution < -0.4 is 20.7 Å². The van der Waals surface area contributed by atoms with Crippen molar-refractivity contribution in [1.82, 2.24) is 20.5 Å². The van der Waals surface area contributed by atoms with Gasteiger partial charge < -0.3 is 25.6 Å². The van der Waals surface area contributed by atoms with Gasteiger partial charge in [-0.2, -0.15) is 0 Å².